The van der Waals surface area contributed by atoms with Gasteiger partial charge < -0.3 is 5.11 Å². The zero-order chi connectivity index (χ0) is 9.03. The van der Waals surface area contributed by atoms with E-state index in [-0.39, 0.29) is 6.42 Å². The number of hydrogen-bond donors (Lipinski definition) is 1. The lowest BCUT2D eigenvalue weighted by Gasteiger charge is -2.21. The molecule has 0 aromatic carbocycles. The van der Waals surface area contributed by atoms with E-state index >= 15 is 0 Å². The number of aliphatic carboxylic acids is 1. The van der Waals surface area contributed by atoms with E-state index in [9.17, 15) is 4.79 Å². The van der Waals surface area contributed by atoms with Gasteiger partial charge in [0, 0.05) is 6.42 Å². The fourth-order valence-corrected chi connectivity index (χ4v) is 1.20. The minimum Gasteiger partial charge on any atom is -0.480 e. The van der Waals surface area contributed by atoms with E-state index in [1.807, 2.05) is 12.2 Å². The van der Waals surface area contributed by atoms with Crippen molar-refractivity contribution >= 4 is 5.97 Å². The van der Waals surface area contributed by atoms with Crippen molar-refractivity contribution in [3.8, 4) is 12.3 Å². The molecule has 0 aromatic rings. The number of allylic oxidation sites excluding steroid dienone is 2. The van der Waals surface area contributed by atoms with Gasteiger partial charge in [-0.05, 0) is 6.42 Å². The fourth-order valence-electron chi connectivity index (χ4n) is 1.20. The molecule has 0 aliphatic heterocycles. The summed E-state index contributed by atoms with van der Waals surface area (Å²) >= 11 is 0. The summed E-state index contributed by atoms with van der Waals surface area (Å²) in [6.45, 7) is 0. The van der Waals surface area contributed by atoms with Crippen LogP contribution in [0.3, 0.4) is 0 Å². The molecule has 0 spiro atoms. The van der Waals surface area contributed by atoms with E-state index in [1.165, 1.54) is 0 Å². The predicted octanol–water partition coefficient (Wildman–Crippen LogP) is 1.60. The highest BCUT2D eigenvalue weighted by atomic mass is 16.4. The Morgan fingerprint density at radius 2 is 2.17 bits per heavy atom. The molecule has 0 amide bonds. The van der Waals surface area contributed by atoms with Crippen LogP contribution in [0.1, 0.15) is 12.8 Å². The summed E-state index contributed by atoms with van der Waals surface area (Å²) in [4.78, 5) is 10.9. The third-order valence-corrected chi connectivity index (χ3v) is 1.90. The quantitative estimate of drug-likeness (QED) is 0.494. The molecular formula is C10H10O2. The maximum absolute atomic E-state index is 10.9. The van der Waals surface area contributed by atoms with Crippen LogP contribution in [0.25, 0.3) is 0 Å². The van der Waals surface area contributed by atoms with Crippen molar-refractivity contribution in [2.75, 3.05) is 0 Å². The molecule has 1 N–H and O–H groups in total. The Kier molecular flexibility index (Phi) is 2.35. The van der Waals surface area contributed by atoms with Gasteiger partial charge >= 0.3 is 5.97 Å². The molecule has 1 aliphatic rings. The highest BCUT2D eigenvalue weighted by molar-refractivity contribution is 5.80. The molecule has 2 nitrogen and oxygen atoms in total. The molecular weight excluding hydrogens is 152 g/mol. The molecule has 0 atom stereocenters. The summed E-state index contributed by atoms with van der Waals surface area (Å²) < 4.78 is 0. The number of carbonyl (C=O) groups is 1. The average molecular weight is 162 g/mol. The first-order valence-corrected chi connectivity index (χ1v) is 3.73. The van der Waals surface area contributed by atoms with Crippen LogP contribution in [-0.4, -0.2) is 11.1 Å². The predicted molar refractivity (Wildman–Crippen MR) is 46.4 cm³/mol. The van der Waals surface area contributed by atoms with Gasteiger partial charge in [0.1, 0.15) is 5.41 Å². The Balaban J connectivity index is 2.94. The van der Waals surface area contributed by atoms with Crippen LogP contribution in [0.5, 0.6) is 0 Å². The molecule has 0 unspecified atom stereocenters. The highest BCUT2D eigenvalue weighted by Gasteiger charge is 2.32. The average Bonchev–Trinajstić information content (AvgIpc) is 2.06. The standard InChI is InChI=1S/C10H10O2/c1-2-6-10(9(11)12)7-4-3-5-8-10/h1,4-5,7-8H,3,6H2,(H,11,12). The largest absolute Gasteiger partial charge is 0.480 e. The monoisotopic (exact) mass is 162 g/mol. The topological polar surface area (TPSA) is 37.3 Å². The first-order valence-electron chi connectivity index (χ1n) is 3.73. The number of hydrogen-bond acceptors (Lipinski definition) is 1. The zero-order valence-electron chi connectivity index (χ0n) is 6.66. The molecule has 62 valence electrons. The number of terminal acetylenes is 1. The lowest BCUT2D eigenvalue weighted by atomic mass is 9.81. The summed E-state index contributed by atoms with van der Waals surface area (Å²) in [5.74, 6) is 1.49. The van der Waals surface area contributed by atoms with Crippen molar-refractivity contribution in [1.82, 2.24) is 0 Å². The summed E-state index contributed by atoms with van der Waals surface area (Å²) in [5, 5.41) is 8.92. The third kappa shape index (κ3) is 1.40. The van der Waals surface area contributed by atoms with Crippen LogP contribution in [-0.2, 0) is 4.79 Å². The SMILES string of the molecule is C#CCC1(C(=O)O)C=CCC=C1. The molecule has 2 heteroatoms. The van der Waals surface area contributed by atoms with Crippen LogP contribution in [0.15, 0.2) is 24.3 Å². The lowest BCUT2D eigenvalue weighted by molar-refractivity contribution is -0.143. The van der Waals surface area contributed by atoms with E-state index in [0.29, 0.717) is 0 Å². The van der Waals surface area contributed by atoms with Gasteiger partial charge in [0.15, 0.2) is 0 Å². The summed E-state index contributed by atoms with van der Waals surface area (Å²) in [5.41, 5.74) is -0.951. The molecule has 12 heavy (non-hydrogen) atoms. The molecule has 0 saturated carbocycles. The first kappa shape index (κ1) is 8.61. The smallest absolute Gasteiger partial charge is 0.318 e. The van der Waals surface area contributed by atoms with Crippen molar-refractivity contribution in [2.24, 2.45) is 5.41 Å². The highest BCUT2D eigenvalue weighted by Crippen LogP contribution is 2.29. The second-order valence-electron chi connectivity index (χ2n) is 2.77. The lowest BCUT2D eigenvalue weighted by Crippen LogP contribution is -2.27. The molecule has 0 heterocycles. The van der Waals surface area contributed by atoms with Gasteiger partial charge in [0.25, 0.3) is 0 Å². The first-order chi connectivity index (χ1) is 5.71. The fraction of sp³-hybridized carbons (Fsp3) is 0.300. The minimum atomic E-state index is -0.951. The molecule has 0 bridgehead atoms. The molecule has 0 saturated heterocycles. The summed E-state index contributed by atoms with van der Waals surface area (Å²) in [6.07, 6.45) is 13.1. The second kappa shape index (κ2) is 3.27. The van der Waals surface area contributed by atoms with Gasteiger partial charge in [-0.25, -0.2) is 0 Å². The summed E-state index contributed by atoms with van der Waals surface area (Å²) in [7, 11) is 0. The normalized spacial score (nSPS) is 18.6. The summed E-state index contributed by atoms with van der Waals surface area (Å²) in [6, 6.07) is 0. The van der Waals surface area contributed by atoms with Crippen molar-refractivity contribution < 1.29 is 9.90 Å². The Morgan fingerprint density at radius 3 is 2.58 bits per heavy atom. The Bertz CT molecular complexity index is 267. The zero-order valence-corrected chi connectivity index (χ0v) is 6.66. The van der Waals surface area contributed by atoms with Crippen LogP contribution in [0.4, 0.5) is 0 Å². The maximum Gasteiger partial charge on any atom is 0.318 e. The molecule has 0 radical (unpaired) electrons. The third-order valence-electron chi connectivity index (χ3n) is 1.90. The van der Waals surface area contributed by atoms with Crippen molar-refractivity contribution in [3.05, 3.63) is 24.3 Å². The van der Waals surface area contributed by atoms with Crippen molar-refractivity contribution in [2.45, 2.75) is 12.8 Å². The number of carboxylic acid groups (broad SMARTS) is 1. The Hall–Kier alpha value is -1.49. The van der Waals surface area contributed by atoms with E-state index in [4.69, 9.17) is 11.5 Å². The van der Waals surface area contributed by atoms with Crippen LogP contribution < -0.4 is 0 Å². The Morgan fingerprint density at radius 1 is 1.58 bits per heavy atom. The molecule has 1 rings (SSSR count). The Labute approximate surface area is 71.6 Å². The van der Waals surface area contributed by atoms with E-state index < -0.39 is 11.4 Å². The van der Waals surface area contributed by atoms with E-state index in [0.717, 1.165) is 6.42 Å². The molecule has 0 fully saturated rings. The van der Waals surface area contributed by atoms with Crippen LogP contribution in [0.2, 0.25) is 0 Å². The van der Waals surface area contributed by atoms with Gasteiger partial charge in [-0.1, -0.05) is 24.3 Å². The molecule has 1 aliphatic carbocycles. The van der Waals surface area contributed by atoms with Crippen LogP contribution >= 0.6 is 0 Å². The van der Waals surface area contributed by atoms with Crippen LogP contribution in [0, 0.1) is 17.8 Å². The van der Waals surface area contributed by atoms with Crippen molar-refractivity contribution in [1.29, 1.82) is 0 Å². The maximum atomic E-state index is 10.9. The minimum absolute atomic E-state index is 0.218. The second-order valence-corrected chi connectivity index (χ2v) is 2.77. The van der Waals surface area contributed by atoms with Gasteiger partial charge in [0.05, 0.1) is 0 Å². The van der Waals surface area contributed by atoms with Gasteiger partial charge in [-0.15, -0.1) is 12.3 Å². The number of rotatable bonds is 2. The molecule has 0 aromatic heterocycles. The van der Waals surface area contributed by atoms with Gasteiger partial charge in [-0.2, -0.15) is 0 Å². The number of carboxylic acids is 1. The van der Waals surface area contributed by atoms with Gasteiger partial charge in [0.2, 0.25) is 0 Å². The van der Waals surface area contributed by atoms with Gasteiger partial charge in [-0.3, -0.25) is 4.79 Å². The van der Waals surface area contributed by atoms with E-state index in [2.05, 4.69) is 5.92 Å². The van der Waals surface area contributed by atoms with Crippen molar-refractivity contribution in [3.63, 3.8) is 0 Å². The van der Waals surface area contributed by atoms with E-state index in [1.54, 1.807) is 12.2 Å².